The standard InChI is InChI=1S/C44H53FN8O6/c1-7-24(3)37(50-43(56)58-5)41(54)52-17-9-11-35(52)39-46-23-34(49-39)29-16-14-26-19-28(15-13-27(26)20-29)30-21-32-33(22-31(30)45)48-40(47-32)36-12-10-18-53(36)42(55)38(25(4)8-2)51-44(57)59-6/h13-16,19-25,35-38H,7-12,17-18H2,1-6H3,(H,46,49)(H,47,48)(H,50,56)(H,51,57)/t24-,25-,35-,36-,37-,38-/m0/s1. The van der Waals surface area contributed by atoms with Gasteiger partial charge in [-0.25, -0.2) is 23.9 Å². The second-order valence-electron chi connectivity index (χ2n) is 15.8. The van der Waals surface area contributed by atoms with Gasteiger partial charge >= 0.3 is 12.2 Å². The Labute approximate surface area is 342 Å². The minimum Gasteiger partial charge on any atom is -0.453 e. The van der Waals surface area contributed by atoms with Crippen LogP contribution in [0, 0.1) is 17.7 Å². The highest BCUT2D eigenvalue weighted by molar-refractivity contribution is 5.92. The van der Waals surface area contributed by atoms with Crippen molar-refractivity contribution in [2.24, 2.45) is 11.8 Å². The van der Waals surface area contributed by atoms with Gasteiger partial charge in [0.15, 0.2) is 0 Å². The Balaban J connectivity index is 1.09. The number of ether oxygens (including phenoxy) is 2. The summed E-state index contributed by atoms with van der Waals surface area (Å²) in [5.74, 6) is 0.335. The molecule has 6 atom stereocenters. The van der Waals surface area contributed by atoms with E-state index in [9.17, 15) is 19.2 Å². The summed E-state index contributed by atoms with van der Waals surface area (Å²) in [5, 5.41) is 7.33. The van der Waals surface area contributed by atoms with Gasteiger partial charge in [0.2, 0.25) is 11.8 Å². The van der Waals surface area contributed by atoms with Crippen LogP contribution in [-0.2, 0) is 19.1 Å². The first-order valence-corrected chi connectivity index (χ1v) is 20.5. The topological polar surface area (TPSA) is 175 Å². The molecule has 14 nitrogen and oxygen atoms in total. The smallest absolute Gasteiger partial charge is 0.407 e. The monoisotopic (exact) mass is 808 g/mol. The van der Waals surface area contributed by atoms with Crippen LogP contribution in [0.5, 0.6) is 0 Å². The number of aromatic nitrogens is 4. The number of halogens is 1. The van der Waals surface area contributed by atoms with Crippen LogP contribution in [0.4, 0.5) is 14.0 Å². The Morgan fingerprint density at radius 1 is 0.780 bits per heavy atom. The Morgan fingerprint density at radius 2 is 1.32 bits per heavy atom. The number of rotatable bonds is 12. The van der Waals surface area contributed by atoms with Crippen molar-refractivity contribution in [3.63, 3.8) is 0 Å². The fraction of sp³-hybridized carbons (Fsp3) is 0.455. The summed E-state index contributed by atoms with van der Waals surface area (Å²) in [6.45, 7) is 8.90. The molecule has 4 N–H and O–H groups in total. The van der Waals surface area contributed by atoms with Crippen LogP contribution in [0.1, 0.15) is 90.0 Å². The van der Waals surface area contributed by atoms with Gasteiger partial charge in [-0.3, -0.25) is 9.59 Å². The van der Waals surface area contributed by atoms with E-state index >= 15 is 4.39 Å². The minimum atomic E-state index is -0.741. The van der Waals surface area contributed by atoms with Gasteiger partial charge in [-0.15, -0.1) is 0 Å². The van der Waals surface area contributed by atoms with Gasteiger partial charge in [0.1, 0.15) is 29.5 Å². The fourth-order valence-electron chi connectivity index (χ4n) is 8.39. The van der Waals surface area contributed by atoms with E-state index in [1.54, 1.807) is 22.1 Å². The number of fused-ring (bicyclic) bond motifs is 2. The number of imidazole rings is 2. The van der Waals surface area contributed by atoms with Gasteiger partial charge in [0, 0.05) is 30.3 Å². The van der Waals surface area contributed by atoms with Crippen molar-refractivity contribution in [1.29, 1.82) is 0 Å². The molecule has 0 saturated carbocycles. The summed E-state index contributed by atoms with van der Waals surface area (Å²) in [5.41, 5.74) is 3.95. The molecule has 0 spiro atoms. The van der Waals surface area contributed by atoms with E-state index in [1.807, 2.05) is 64.1 Å². The number of nitrogens with zero attached hydrogens (tertiary/aromatic N) is 4. The molecule has 312 valence electrons. The predicted octanol–water partition coefficient (Wildman–Crippen LogP) is 7.78. The second-order valence-corrected chi connectivity index (χ2v) is 15.8. The SMILES string of the molecule is CC[C@H](C)[C@H](NC(=O)OC)C(=O)N1CCC[C@H]1c1ncc(-c2ccc3cc(-c4cc5nc([C@@H]6CCCN6C(=O)[C@@H](NC(=O)OC)[C@@H](C)CC)[nH]c5cc4F)ccc3c2)[nH]1. The normalized spacial score (nSPS) is 18.8. The molecule has 59 heavy (non-hydrogen) atoms. The van der Waals surface area contributed by atoms with Crippen molar-refractivity contribution in [3.8, 4) is 22.4 Å². The molecule has 4 amide bonds. The number of carbonyl (C=O) groups excluding carboxylic acids is 4. The average Bonchev–Trinajstić information content (AvgIpc) is 4.09. The predicted molar refractivity (Wildman–Crippen MR) is 222 cm³/mol. The molecular formula is C44H53FN8O6. The highest BCUT2D eigenvalue weighted by atomic mass is 19.1. The summed E-state index contributed by atoms with van der Waals surface area (Å²) in [6, 6.07) is 13.0. The maximum atomic E-state index is 15.8. The van der Waals surface area contributed by atoms with E-state index in [0.29, 0.717) is 66.2 Å². The number of hydrogen-bond acceptors (Lipinski definition) is 8. The van der Waals surface area contributed by atoms with E-state index in [-0.39, 0.29) is 35.7 Å². The zero-order valence-corrected chi connectivity index (χ0v) is 34.4. The molecule has 2 aliphatic rings. The lowest BCUT2D eigenvalue weighted by Crippen LogP contribution is -2.51. The molecule has 4 heterocycles. The molecule has 3 aromatic carbocycles. The third-order valence-corrected chi connectivity index (χ3v) is 12.2. The van der Waals surface area contributed by atoms with Crippen molar-refractivity contribution in [2.75, 3.05) is 27.3 Å². The van der Waals surface area contributed by atoms with E-state index in [1.165, 1.54) is 20.3 Å². The number of methoxy groups -OCH3 is 2. The Kier molecular flexibility index (Phi) is 12.2. The molecule has 0 aliphatic carbocycles. The van der Waals surface area contributed by atoms with Crippen LogP contribution < -0.4 is 10.6 Å². The number of nitrogens with one attached hydrogen (secondary N) is 4. The summed E-state index contributed by atoms with van der Waals surface area (Å²) < 4.78 is 25.4. The Morgan fingerprint density at radius 3 is 1.88 bits per heavy atom. The van der Waals surface area contributed by atoms with Crippen LogP contribution >= 0.6 is 0 Å². The van der Waals surface area contributed by atoms with Gasteiger partial charge in [-0.1, -0.05) is 64.8 Å². The number of hydrogen-bond donors (Lipinski definition) is 4. The molecule has 0 bridgehead atoms. The largest absolute Gasteiger partial charge is 0.453 e. The van der Waals surface area contributed by atoms with Gasteiger partial charge < -0.3 is 39.9 Å². The zero-order chi connectivity index (χ0) is 42.0. The lowest BCUT2D eigenvalue weighted by atomic mass is 9.97. The first-order valence-electron chi connectivity index (χ1n) is 20.5. The summed E-state index contributed by atoms with van der Waals surface area (Å²) in [6.07, 6.45) is 4.93. The number of likely N-dealkylation sites (tertiary alicyclic amines) is 2. The van der Waals surface area contributed by atoms with Gasteiger partial charge in [0.25, 0.3) is 0 Å². The highest BCUT2D eigenvalue weighted by Crippen LogP contribution is 2.37. The van der Waals surface area contributed by atoms with Crippen LogP contribution in [0.2, 0.25) is 0 Å². The van der Waals surface area contributed by atoms with Crippen LogP contribution in [-0.4, -0.2) is 93.1 Å². The fourth-order valence-corrected chi connectivity index (χ4v) is 8.39. The van der Waals surface area contributed by atoms with E-state index in [0.717, 1.165) is 41.3 Å². The first kappa shape index (κ1) is 41.2. The summed E-state index contributed by atoms with van der Waals surface area (Å²) in [7, 11) is 2.56. The Bertz CT molecular complexity index is 2360. The number of H-pyrrole nitrogens is 2. The van der Waals surface area contributed by atoms with E-state index in [4.69, 9.17) is 19.4 Å². The third-order valence-electron chi connectivity index (χ3n) is 12.2. The third kappa shape index (κ3) is 8.32. The van der Waals surface area contributed by atoms with Crippen molar-refractivity contribution in [2.45, 2.75) is 90.4 Å². The van der Waals surface area contributed by atoms with Crippen molar-refractivity contribution in [3.05, 3.63) is 72.2 Å². The lowest BCUT2D eigenvalue weighted by Gasteiger charge is -2.30. The number of benzene rings is 3. The average molecular weight is 809 g/mol. The quantitative estimate of drug-likeness (QED) is 0.0989. The summed E-state index contributed by atoms with van der Waals surface area (Å²) >= 11 is 0. The van der Waals surface area contributed by atoms with Gasteiger partial charge in [-0.2, -0.15) is 0 Å². The van der Waals surface area contributed by atoms with E-state index in [2.05, 4.69) is 20.6 Å². The number of alkyl carbamates (subject to hydrolysis) is 2. The van der Waals surface area contributed by atoms with Gasteiger partial charge in [-0.05, 0) is 72.1 Å². The number of carbonyl (C=O) groups is 4. The molecule has 2 fully saturated rings. The molecule has 2 aromatic heterocycles. The highest BCUT2D eigenvalue weighted by Gasteiger charge is 2.39. The van der Waals surface area contributed by atoms with Crippen molar-refractivity contribution in [1.82, 2.24) is 40.4 Å². The van der Waals surface area contributed by atoms with Crippen LogP contribution in [0.3, 0.4) is 0 Å². The maximum Gasteiger partial charge on any atom is 0.407 e. The molecule has 5 aromatic rings. The van der Waals surface area contributed by atoms with Crippen molar-refractivity contribution < 1.29 is 33.0 Å². The molecular weight excluding hydrogens is 756 g/mol. The van der Waals surface area contributed by atoms with E-state index < -0.39 is 30.1 Å². The Hall–Kier alpha value is -5.99. The zero-order valence-electron chi connectivity index (χ0n) is 34.4. The molecule has 15 heteroatoms. The second kappa shape index (κ2) is 17.5. The minimum absolute atomic E-state index is 0.0787. The molecule has 2 aliphatic heterocycles. The molecule has 7 rings (SSSR count). The lowest BCUT2D eigenvalue weighted by molar-refractivity contribution is -0.136. The van der Waals surface area contributed by atoms with Crippen LogP contribution in [0.25, 0.3) is 44.2 Å². The molecule has 0 unspecified atom stereocenters. The molecule has 2 saturated heterocycles. The number of amides is 4. The number of aromatic amines is 2. The first-order chi connectivity index (χ1) is 28.4. The van der Waals surface area contributed by atoms with Crippen LogP contribution in [0.15, 0.2) is 54.7 Å². The maximum absolute atomic E-state index is 15.8. The summed E-state index contributed by atoms with van der Waals surface area (Å²) in [4.78, 5) is 71.6. The molecule has 0 radical (unpaired) electrons. The van der Waals surface area contributed by atoms with Crippen molar-refractivity contribution >= 4 is 45.8 Å². The van der Waals surface area contributed by atoms with Gasteiger partial charge in [0.05, 0.1) is 49.2 Å².